The van der Waals surface area contributed by atoms with Crippen LogP contribution in [0, 0.1) is 20.8 Å². The van der Waals surface area contributed by atoms with E-state index in [0.29, 0.717) is 0 Å². The minimum Gasteiger partial charge on any atom is -0.398 e. The summed E-state index contributed by atoms with van der Waals surface area (Å²) in [4.78, 5) is 0. The van der Waals surface area contributed by atoms with Crippen LogP contribution in [0.2, 0.25) is 0 Å². The number of nitrogen functional groups attached to an aromatic ring is 1. The lowest BCUT2D eigenvalue weighted by Gasteiger charge is -2.10. The number of nitrogens with two attached hydrogens (primary N) is 1. The normalized spacial score (nSPS) is 9.92. The van der Waals surface area contributed by atoms with Gasteiger partial charge in [-0.3, -0.25) is 0 Å². The van der Waals surface area contributed by atoms with Crippen molar-refractivity contribution in [2.45, 2.75) is 20.8 Å². The van der Waals surface area contributed by atoms with Crippen LogP contribution in [0.4, 0.5) is 5.69 Å². The second-order valence-corrected chi connectivity index (χ2v) is 3.15. The second kappa shape index (κ2) is 3.02. The molecule has 1 rings (SSSR count). The summed E-state index contributed by atoms with van der Waals surface area (Å²) in [6.07, 6.45) is 1.85. The largest absolute Gasteiger partial charge is 0.398 e. The second-order valence-electron chi connectivity index (χ2n) is 3.15. The Morgan fingerprint density at radius 2 is 1.83 bits per heavy atom. The number of hydrogen-bond acceptors (Lipinski definition) is 1. The zero-order valence-electron chi connectivity index (χ0n) is 7.94. The predicted molar refractivity (Wildman–Crippen MR) is 55.2 cm³/mol. The molecule has 1 aromatic carbocycles. The standard InChI is InChI=1S/C11H15N/c1-5-10-6-7(2)8(3)11(12)9(10)4/h5-6H,1,12H2,2-4H3. The Kier molecular flexibility index (Phi) is 2.22. The highest BCUT2D eigenvalue weighted by Gasteiger charge is 2.04. The summed E-state index contributed by atoms with van der Waals surface area (Å²) in [5, 5.41) is 0. The van der Waals surface area contributed by atoms with Gasteiger partial charge in [0, 0.05) is 5.69 Å². The molecule has 0 aliphatic heterocycles. The fourth-order valence-electron chi connectivity index (χ4n) is 1.31. The van der Waals surface area contributed by atoms with Crippen molar-refractivity contribution >= 4 is 11.8 Å². The first-order valence-corrected chi connectivity index (χ1v) is 4.06. The number of benzene rings is 1. The van der Waals surface area contributed by atoms with Gasteiger partial charge in [-0.25, -0.2) is 0 Å². The van der Waals surface area contributed by atoms with Crippen LogP contribution in [0.3, 0.4) is 0 Å². The molecular weight excluding hydrogens is 146 g/mol. The van der Waals surface area contributed by atoms with E-state index in [9.17, 15) is 0 Å². The van der Waals surface area contributed by atoms with Gasteiger partial charge >= 0.3 is 0 Å². The lowest BCUT2D eigenvalue weighted by molar-refractivity contribution is 1.29. The molecule has 1 nitrogen and oxygen atoms in total. The summed E-state index contributed by atoms with van der Waals surface area (Å²) in [5.41, 5.74) is 11.5. The van der Waals surface area contributed by atoms with Gasteiger partial charge in [-0.2, -0.15) is 0 Å². The molecule has 64 valence electrons. The maximum atomic E-state index is 5.91. The third-order valence-electron chi connectivity index (χ3n) is 2.42. The van der Waals surface area contributed by atoms with Crippen LogP contribution in [0.25, 0.3) is 6.08 Å². The first-order valence-electron chi connectivity index (χ1n) is 4.06. The van der Waals surface area contributed by atoms with E-state index in [2.05, 4.69) is 19.6 Å². The van der Waals surface area contributed by atoms with E-state index in [1.807, 2.05) is 19.9 Å². The monoisotopic (exact) mass is 161 g/mol. The number of aryl methyl sites for hydroxylation is 1. The molecule has 0 bridgehead atoms. The lowest BCUT2D eigenvalue weighted by atomic mass is 9.98. The van der Waals surface area contributed by atoms with Gasteiger partial charge in [-0.05, 0) is 43.0 Å². The van der Waals surface area contributed by atoms with Crippen molar-refractivity contribution in [2.75, 3.05) is 5.73 Å². The van der Waals surface area contributed by atoms with E-state index in [1.54, 1.807) is 0 Å². The molecule has 0 atom stereocenters. The average Bonchev–Trinajstić information content (AvgIpc) is 2.08. The van der Waals surface area contributed by atoms with Crippen LogP contribution in [-0.2, 0) is 0 Å². The Morgan fingerprint density at radius 3 is 2.33 bits per heavy atom. The van der Waals surface area contributed by atoms with E-state index in [1.165, 1.54) is 11.1 Å². The van der Waals surface area contributed by atoms with E-state index in [4.69, 9.17) is 5.73 Å². The minimum absolute atomic E-state index is 0.893. The highest BCUT2D eigenvalue weighted by Crippen LogP contribution is 2.24. The van der Waals surface area contributed by atoms with Gasteiger partial charge in [0.25, 0.3) is 0 Å². The zero-order chi connectivity index (χ0) is 9.30. The predicted octanol–water partition coefficient (Wildman–Crippen LogP) is 2.84. The van der Waals surface area contributed by atoms with E-state index >= 15 is 0 Å². The molecule has 0 radical (unpaired) electrons. The molecule has 0 fully saturated rings. The molecule has 2 N–H and O–H groups in total. The fraction of sp³-hybridized carbons (Fsp3) is 0.273. The minimum atomic E-state index is 0.893. The summed E-state index contributed by atoms with van der Waals surface area (Å²) >= 11 is 0. The van der Waals surface area contributed by atoms with Crippen LogP contribution in [-0.4, -0.2) is 0 Å². The summed E-state index contributed by atoms with van der Waals surface area (Å²) in [6, 6.07) is 2.12. The number of hydrogen-bond donors (Lipinski definition) is 1. The molecule has 1 heteroatoms. The molecule has 12 heavy (non-hydrogen) atoms. The van der Waals surface area contributed by atoms with Crippen LogP contribution >= 0.6 is 0 Å². The number of rotatable bonds is 1. The van der Waals surface area contributed by atoms with Gasteiger partial charge in [-0.15, -0.1) is 0 Å². The molecule has 0 heterocycles. The molecule has 0 amide bonds. The smallest absolute Gasteiger partial charge is 0.0382 e. The summed E-state index contributed by atoms with van der Waals surface area (Å²) in [7, 11) is 0. The summed E-state index contributed by atoms with van der Waals surface area (Å²) in [6.45, 7) is 9.89. The first kappa shape index (κ1) is 8.85. The SMILES string of the molecule is C=Cc1cc(C)c(C)c(N)c1C. The molecule has 0 saturated heterocycles. The van der Waals surface area contributed by atoms with Crippen LogP contribution in [0.5, 0.6) is 0 Å². The van der Waals surface area contributed by atoms with E-state index < -0.39 is 0 Å². The molecule has 0 aliphatic rings. The highest BCUT2D eigenvalue weighted by molar-refractivity contribution is 5.66. The Balaban J connectivity index is 3.49. The molecular formula is C11H15N. The van der Waals surface area contributed by atoms with Crippen molar-refractivity contribution in [3.8, 4) is 0 Å². The fourth-order valence-corrected chi connectivity index (χ4v) is 1.31. The van der Waals surface area contributed by atoms with Crippen molar-refractivity contribution in [3.63, 3.8) is 0 Å². The summed E-state index contributed by atoms with van der Waals surface area (Å²) < 4.78 is 0. The van der Waals surface area contributed by atoms with E-state index in [-0.39, 0.29) is 0 Å². The van der Waals surface area contributed by atoms with Crippen molar-refractivity contribution in [2.24, 2.45) is 0 Å². The van der Waals surface area contributed by atoms with Crippen LogP contribution in [0.15, 0.2) is 12.6 Å². The Bertz CT molecular complexity index is 324. The Hall–Kier alpha value is -1.24. The molecule has 0 spiro atoms. The first-order chi connectivity index (χ1) is 5.57. The maximum Gasteiger partial charge on any atom is 0.0382 e. The van der Waals surface area contributed by atoms with Gasteiger partial charge in [0.1, 0.15) is 0 Å². The molecule has 1 aromatic rings. The molecule has 0 unspecified atom stereocenters. The van der Waals surface area contributed by atoms with Crippen LogP contribution < -0.4 is 5.73 Å². The van der Waals surface area contributed by atoms with Gasteiger partial charge in [0.05, 0.1) is 0 Å². The van der Waals surface area contributed by atoms with Gasteiger partial charge in [0.2, 0.25) is 0 Å². The van der Waals surface area contributed by atoms with Crippen molar-refractivity contribution in [1.29, 1.82) is 0 Å². The van der Waals surface area contributed by atoms with E-state index in [0.717, 1.165) is 16.8 Å². The topological polar surface area (TPSA) is 26.0 Å². The lowest BCUT2D eigenvalue weighted by Crippen LogP contribution is -1.98. The van der Waals surface area contributed by atoms with Gasteiger partial charge in [0.15, 0.2) is 0 Å². The van der Waals surface area contributed by atoms with Gasteiger partial charge in [-0.1, -0.05) is 18.7 Å². The van der Waals surface area contributed by atoms with Crippen molar-refractivity contribution in [1.82, 2.24) is 0 Å². The van der Waals surface area contributed by atoms with Gasteiger partial charge < -0.3 is 5.73 Å². The summed E-state index contributed by atoms with van der Waals surface area (Å²) in [5.74, 6) is 0. The quantitative estimate of drug-likeness (QED) is 0.630. The maximum absolute atomic E-state index is 5.91. The third kappa shape index (κ3) is 1.22. The molecule has 0 saturated carbocycles. The Morgan fingerprint density at radius 1 is 1.25 bits per heavy atom. The average molecular weight is 161 g/mol. The highest BCUT2D eigenvalue weighted by atomic mass is 14.6. The van der Waals surface area contributed by atoms with Crippen molar-refractivity contribution < 1.29 is 0 Å². The molecule has 0 aliphatic carbocycles. The zero-order valence-corrected chi connectivity index (χ0v) is 7.94. The Labute approximate surface area is 73.9 Å². The molecule has 0 aromatic heterocycles. The van der Waals surface area contributed by atoms with Crippen molar-refractivity contribution in [3.05, 3.63) is 34.9 Å². The third-order valence-corrected chi connectivity index (χ3v) is 2.42. The number of anilines is 1. The van der Waals surface area contributed by atoms with Crippen LogP contribution in [0.1, 0.15) is 22.3 Å².